The van der Waals surface area contributed by atoms with Gasteiger partial charge in [0.15, 0.2) is 0 Å². The van der Waals surface area contributed by atoms with Gasteiger partial charge in [0.25, 0.3) is 0 Å². The van der Waals surface area contributed by atoms with E-state index in [1.165, 1.54) is 51.5 Å². The van der Waals surface area contributed by atoms with Crippen LogP contribution in [-0.2, 0) is 0 Å². The van der Waals surface area contributed by atoms with Crippen molar-refractivity contribution in [3.8, 4) is 0 Å². The van der Waals surface area contributed by atoms with Gasteiger partial charge in [-0.2, -0.15) is 0 Å². The molecule has 0 aromatic heterocycles. The zero-order valence-corrected chi connectivity index (χ0v) is 8.47. The molecular weight excluding hydrogens is 160 g/mol. The fourth-order valence-corrected chi connectivity index (χ4v) is 2.35. The Hall–Kier alpha value is -0.0800. The Balaban J connectivity index is 1.59. The van der Waals surface area contributed by atoms with Crippen molar-refractivity contribution in [3.05, 3.63) is 0 Å². The van der Waals surface area contributed by atoms with Crippen LogP contribution >= 0.6 is 0 Å². The van der Waals surface area contributed by atoms with Gasteiger partial charge < -0.3 is 11.1 Å². The number of hydrogen-bond acceptors (Lipinski definition) is 2. The van der Waals surface area contributed by atoms with Crippen LogP contribution in [-0.4, -0.2) is 18.6 Å². The van der Waals surface area contributed by atoms with Crippen LogP contribution in [0.5, 0.6) is 0 Å². The first-order chi connectivity index (χ1) is 6.34. The summed E-state index contributed by atoms with van der Waals surface area (Å²) in [6, 6.07) is 1.27. The van der Waals surface area contributed by atoms with E-state index in [1.54, 1.807) is 0 Å². The minimum Gasteiger partial charge on any atom is -0.328 e. The Morgan fingerprint density at radius 2 is 1.69 bits per heavy atom. The van der Waals surface area contributed by atoms with Crippen molar-refractivity contribution in [2.45, 2.75) is 57.0 Å². The van der Waals surface area contributed by atoms with Gasteiger partial charge in [-0.1, -0.05) is 6.42 Å². The summed E-state index contributed by atoms with van der Waals surface area (Å²) in [5.41, 5.74) is 5.86. The van der Waals surface area contributed by atoms with Crippen LogP contribution in [0.4, 0.5) is 0 Å². The van der Waals surface area contributed by atoms with Gasteiger partial charge in [-0.05, 0) is 51.0 Å². The van der Waals surface area contributed by atoms with Crippen molar-refractivity contribution in [1.82, 2.24) is 5.32 Å². The Labute approximate surface area is 81.3 Å². The Morgan fingerprint density at radius 3 is 2.23 bits per heavy atom. The first-order valence-corrected chi connectivity index (χ1v) is 5.83. The molecule has 2 saturated carbocycles. The number of rotatable bonds is 3. The van der Waals surface area contributed by atoms with Crippen LogP contribution in [0.25, 0.3) is 0 Å². The maximum atomic E-state index is 5.86. The zero-order valence-electron chi connectivity index (χ0n) is 8.47. The summed E-state index contributed by atoms with van der Waals surface area (Å²) in [7, 11) is 0. The Kier molecular flexibility index (Phi) is 3.23. The molecule has 2 heteroatoms. The molecule has 0 atom stereocenters. The monoisotopic (exact) mass is 182 g/mol. The summed E-state index contributed by atoms with van der Waals surface area (Å²) in [6.07, 6.45) is 9.42. The molecule has 0 aromatic rings. The second kappa shape index (κ2) is 4.43. The zero-order chi connectivity index (χ0) is 9.10. The summed E-state index contributed by atoms with van der Waals surface area (Å²) >= 11 is 0. The average Bonchev–Trinajstić information content (AvgIpc) is 2.05. The highest BCUT2D eigenvalue weighted by Gasteiger charge is 2.21. The van der Waals surface area contributed by atoms with E-state index in [1.807, 2.05) is 0 Å². The molecule has 0 radical (unpaired) electrons. The first kappa shape index (κ1) is 9.47. The number of hydrogen-bond donors (Lipinski definition) is 2. The lowest BCUT2D eigenvalue weighted by Gasteiger charge is -2.31. The largest absolute Gasteiger partial charge is 0.328 e. The van der Waals surface area contributed by atoms with Crippen molar-refractivity contribution in [3.63, 3.8) is 0 Å². The van der Waals surface area contributed by atoms with Gasteiger partial charge in [-0.3, -0.25) is 0 Å². The lowest BCUT2D eigenvalue weighted by Crippen LogP contribution is -2.40. The standard InChI is InChI=1S/C11H22N2/c12-10-4-6-11(7-5-10)13-8-9-2-1-3-9/h9-11,13H,1-8,12H2. The molecule has 2 aliphatic rings. The molecule has 2 rings (SSSR count). The van der Waals surface area contributed by atoms with E-state index in [9.17, 15) is 0 Å². The summed E-state index contributed by atoms with van der Waals surface area (Å²) < 4.78 is 0. The summed E-state index contributed by atoms with van der Waals surface area (Å²) in [6.45, 7) is 1.26. The second-order valence-electron chi connectivity index (χ2n) is 4.82. The van der Waals surface area contributed by atoms with E-state index in [4.69, 9.17) is 5.73 Å². The van der Waals surface area contributed by atoms with E-state index < -0.39 is 0 Å². The third kappa shape index (κ3) is 2.68. The second-order valence-corrected chi connectivity index (χ2v) is 4.82. The van der Waals surface area contributed by atoms with Gasteiger partial charge >= 0.3 is 0 Å². The smallest absolute Gasteiger partial charge is 0.00683 e. The molecule has 0 aliphatic heterocycles. The van der Waals surface area contributed by atoms with Crippen LogP contribution < -0.4 is 11.1 Å². The molecule has 0 spiro atoms. The van der Waals surface area contributed by atoms with Gasteiger partial charge in [0.2, 0.25) is 0 Å². The fraction of sp³-hybridized carbons (Fsp3) is 1.00. The lowest BCUT2D eigenvalue weighted by molar-refractivity contribution is 0.264. The van der Waals surface area contributed by atoms with Gasteiger partial charge in [-0.25, -0.2) is 0 Å². The first-order valence-electron chi connectivity index (χ1n) is 5.83. The summed E-state index contributed by atoms with van der Waals surface area (Å²) in [5, 5.41) is 3.69. The predicted molar refractivity (Wildman–Crippen MR) is 55.6 cm³/mol. The van der Waals surface area contributed by atoms with Gasteiger partial charge in [-0.15, -0.1) is 0 Å². The number of nitrogens with one attached hydrogen (secondary N) is 1. The number of nitrogens with two attached hydrogens (primary N) is 1. The highest BCUT2D eigenvalue weighted by atomic mass is 14.9. The van der Waals surface area contributed by atoms with E-state index in [0.29, 0.717) is 6.04 Å². The third-order valence-electron chi connectivity index (χ3n) is 3.69. The van der Waals surface area contributed by atoms with Crippen LogP contribution in [0.15, 0.2) is 0 Å². The van der Waals surface area contributed by atoms with Gasteiger partial charge in [0, 0.05) is 12.1 Å². The van der Waals surface area contributed by atoms with Gasteiger partial charge in [0.1, 0.15) is 0 Å². The van der Waals surface area contributed by atoms with Gasteiger partial charge in [0.05, 0.1) is 0 Å². The third-order valence-corrected chi connectivity index (χ3v) is 3.69. The van der Waals surface area contributed by atoms with E-state index >= 15 is 0 Å². The summed E-state index contributed by atoms with van der Waals surface area (Å²) in [5.74, 6) is 0.996. The molecule has 3 N–H and O–H groups in total. The molecule has 0 unspecified atom stereocenters. The molecule has 76 valence electrons. The van der Waals surface area contributed by atoms with Crippen LogP contribution in [0.1, 0.15) is 44.9 Å². The maximum absolute atomic E-state index is 5.86. The van der Waals surface area contributed by atoms with Crippen molar-refractivity contribution in [2.75, 3.05) is 6.54 Å². The van der Waals surface area contributed by atoms with E-state index in [0.717, 1.165) is 12.0 Å². The molecule has 2 fully saturated rings. The molecule has 0 amide bonds. The van der Waals surface area contributed by atoms with Crippen LogP contribution in [0.2, 0.25) is 0 Å². The van der Waals surface area contributed by atoms with Crippen LogP contribution in [0, 0.1) is 5.92 Å². The van der Waals surface area contributed by atoms with E-state index in [2.05, 4.69) is 5.32 Å². The molecular formula is C11H22N2. The summed E-state index contributed by atoms with van der Waals surface area (Å²) in [4.78, 5) is 0. The molecule has 0 bridgehead atoms. The van der Waals surface area contributed by atoms with Crippen molar-refractivity contribution < 1.29 is 0 Å². The molecule has 0 saturated heterocycles. The normalized spacial score (nSPS) is 35.8. The van der Waals surface area contributed by atoms with Crippen LogP contribution in [0.3, 0.4) is 0 Å². The average molecular weight is 182 g/mol. The molecule has 2 nitrogen and oxygen atoms in total. The highest BCUT2D eigenvalue weighted by Crippen LogP contribution is 2.26. The lowest BCUT2D eigenvalue weighted by atomic mass is 9.84. The maximum Gasteiger partial charge on any atom is 0.00683 e. The SMILES string of the molecule is NC1CCC(NCC2CCC2)CC1. The highest BCUT2D eigenvalue weighted by molar-refractivity contribution is 4.81. The molecule has 0 aromatic carbocycles. The Bertz CT molecular complexity index is 146. The molecule has 0 heterocycles. The molecule has 13 heavy (non-hydrogen) atoms. The van der Waals surface area contributed by atoms with Crippen molar-refractivity contribution in [2.24, 2.45) is 11.7 Å². The minimum absolute atomic E-state index is 0.488. The Morgan fingerprint density at radius 1 is 1.00 bits per heavy atom. The van der Waals surface area contributed by atoms with E-state index in [-0.39, 0.29) is 0 Å². The molecule has 2 aliphatic carbocycles. The topological polar surface area (TPSA) is 38.0 Å². The fourth-order valence-electron chi connectivity index (χ4n) is 2.35. The predicted octanol–water partition coefficient (Wildman–Crippen LogP) is 1.65. The van der Waals surface area contributed by atoms with Crippen molar-refractivity contribution in [1.29, 1.82) is 0 Å². The quantitative estimate of drug-likeness (QED) is 0.696. The minimum atomic E-state index is 0.488. The van der Waals surface area contributed by atoms with Crippen molar-refractivity contribution >= 4 is 0 Å².